The average Bonchev–Trinajstić information content (AvgIpc) is 3.83. The van der Waals surface area contributed by atoms with Gasteiger partial charge in [-0.15, -0.1) is 0 Å². The Kier molecular flexibility index (Phi) is 7.29. The first-order chi connectivity index (χ1) is 28.8. The molecular formula is C53H35N5. The highest BCUT2D eigenvalue weighted by molar-refractivity contribution is 6.26. The molecule has 3 heterocycles. The number of nitrogens with zero attached hydrogens (tertiary/aromatic N) is 5. The first-order valence-corrected chi connectivity index (χ1v) is 19.9. The molecule has 272 valence electrons. The van der Waals surface area contributed by atoms with Crippen LogP contribution < -0.4 is 0 Å². The highest BCUT2D eigenvalue weighted by Crippen LogP contribution is 2.46. The van der Waals surface area contributed by atoms with Gasteiger partial charge in [0.05, 0.1) is 22.1 Å². The molecule has 0 saturated carbocycles. The first kappa shape index (κ1) is 32.6. The van der Waals surface area contributed by atoms with E-state index in [1.165, 1.54) is 60.3 Å². The second kappa shape index (κ2) is 13.0. The summed E-state index contributed by atoms with van der Waals surface area (Å²) >= 11 is 0. The summed E-state index contributed by atoms with van der Waals surface area (Å²) in [6.07, 6.45) is 2.04. The zero-order valence-corrected chi connectivity index (χ0v) is 31.5. The monoisotopic (exact) mass is 741 g/mol. The Morgan fingerprint density at radius 2 is 0.862 bits per heavy atom. The third kappa shape index (κ3) is 5.07. The van der Waals surface area contributed by atoms with Crippen molar-refractivity contribution in [3.05, 3.63) is 199 Å². The molecule has 0 atom stereocenters. The van der Waals surface area contributed by atoms with E-state index in [4.69, 9.17) is 15.0 Å². The maximum Gasteiger partial charge on any atom is 0.164 e. The minimum atomic E-state index is 0.634. The topological polar surface area (TPSA) is 48.5 Å². The predicted octanol–water partition coefficient (Wildman–Crippen LogP) is 12.8. The van der Waals surface area contributed by atoms with Gasteiger partial charge in [-0.1, -0.05) is 146 Å². The van der Waals surface area contributed by atoms with Crippen LogP contribution in [0, 0.1) is 0 Å². The molecule has 1 aliphatic rings. The molecule has 12 rings (SSSR count). The number of rotatable bonds is 6. The zero-order chi connectivity index (χ0) is 38.2. The number of hydrogen-bond donors (Lipinski definition) is 0. The van der Waals surface area contributed by atoms with E-state index >= 15 is 0 Å². The van der Waals surface area contributed by atoms with Gasteiger partial charge < -0.3 is 9.13 Å². The summed E-state index contributed by atoms with van der Waals surface area (Å²) in [6, 6.07) is 66.9. The average molecular weight is 742 g/mol. The lowest BCUT2D eigenvalue weighted by Crippen LogP contribution is -2.02. The van der Waals surface area contributed by atoms with E-state index in [2.05, 4.69) is 161 Å². The van der Waals surface area contributed by atoms with Crippen molar-refractivity contribution in [3.63, 3.8) is 0 Å². The number of aryl methyl sites for hydroxylation is 2. The van der Waals surface area contributed by atoms with E-state index in [-0.39, 0.29) is 0 Å². The molecule has 0 radical (unpaired) electrons. The molecule has 0 saturated heterocycles. The molecule has 11 aromatic rings. The molecule has 0 N–H and O–H groups in total. The highest BCUT2D eigenvalue weighted by atomic mass is 15.1. The van der Waals surface area contributed by atoms with Crippen molar-refractivity contribution >= 4 is 43.6 Å². The smallest absolute Gasteiger partial charge is 0.164 e. The molecule has 5 heteroatoms. The van der Waals surface area contributed by atoms with E-state index in [0.29, 0.717) is 17.5 Å². The molecule has 0 spiro atoms. The SMILES string of the molecule is c1ccc(-c2ccc(-n3c4cccc5c4c4c(cc6c7ccccc7n(-c7cccc(-c8nc(-c9ccccc9)nc(-c9ccccc9)n8)c7)c6c43)CC5)cc2)cc1. The van der Waals surface area contributed by atoms with Gasteiger partial charge in [0.25, 0.3) is 0 Å². The zero-order valence-electron chi connectivity index (χ0n) is 31.5. The fourth-order valence-corrected chi connectivity index (χ4v) is 9.21. The first-order valence-electron chi connectivity index (χ1n) is 19.9. The van der Waals surface area contributed by atoms with Crippen molar-refractivity contribution in [2.75, 3.05) is 0 Å². The molecule has 0 bridgehead atoms. The van der Waals surface area contributed by atoms with Crippen molar-refractivity contribution in [3.8, 4) is 56.7 Å². The maximum atomic E-state index is 5.10. The summed E-state index contributed by atoms with van der Waals surface area (Å²) in [5.41, 5.74) is 15.1. The van der Waals surface area contributed by atoms with Crippen molar-refractivity contribution < 1.29 is 0 Å². The summed E-state index contributed by atoms with van der Waals surface area (Å²) in [4.78, 5) is 15.2. The van der Waals surface area contributed by atoms with Crippen LogP contribution in [-0.4, -0.2) is 24.1 Å². The Bertz CT molecular complexity index is 3310. The van der Waals surface area contributed by atoms with E-state index in [0.717, 1.165) is 46.4 Å². The summed E-state index contributed by atoms with van der Waals surface area (Å²) in [6.45, 7) is 0. The van der Waals surface area contributed by atoms with Crippen LogP contribution in [0.25, 0.3) is 100 Å². The molecule has 0 unspecified atom stereocenters. The normalized spacial score (nSPS) is 12.3. The molecule has 0 fully saturated rings. The molecule has 3 aromatic heterocycles. The number of hydrogen-bond acceptors (Lipinski definition) is 3. The van der Waals surface area contributed by atoms with Gasteiger partial charge in [-0.2, -0.15) is 0 Å². The number of fused-ring (bicyclic) bond motifs is 4. The Balaban J connectivity index is 1.13. The van der Waals surface area contributed by atoms with Gasteiger partial charge in [-0.05, 0) is 77.6 Å². The van der Waals surface area contributed by atoms with Crippen molar-refractivity contribution in [1.29, 1.82) is 0 Å². The standard InChI is InChI=1S/C53H35N5/c1-4-14-34(15-5-1)35-28-30-41(31-29-35)57-46-25-13-20-36-26-27-39-33-44-43-23-10-11-24-45(43)58(49(44)50(57)48(39)47(36)46)42-22-12-21-40(32-42)53-55-51(37-16-6-2-7-17-37)54-52(56-53)38-18-8-3-9-19-38/h1-25,28-33H,26-27H2. The second-order valence-corrected chi connectivity index (χ2v) is 15.2. The van der Waals surface area contributed by atoms with E-state index in [1.54, 1.807) is 0 Å². The summed E-state index contributed by atoms with van der Waals surface area (Å²) in [7, 11) is 0. The van der Waals surface area contributed by atoms with Gasteiger partial charge in [0.15, 0.2) is 17.5 Å². The fourth-order valence-electron chi connectivity index (χ4n) is 9.21. The minimum Gasteiger partial charge on any atom is -0.307 e. The molecule has 1 aliphatic carbocycles. The third-order valence-electron chi connectivity index (χ3n) is 11.8. The minimum absolute atomic E-state index is 0.634. The van der Waals surface area contributed by atoms with Crippen LogP contribution in [0.3, 0.4) is 0 Å². The van der Waals surface area contributed by atoms with E-state index < -0.39 is 0 Å². The van der Waals surface area contributed by atoms with Crippen molar-refractivity contribution in [2.24, 2.45) is 0 Å². The lowest BCUT2D eigenvalue weighted by atomic mass is 9.90. The van der Waals surface area contributed by atoms with Crippen LogP contribution in [0.1, 0.15) is 11.1 Å². The van der Waals surface area contributed by atoms with E-state index in [9.17, 15) is 0 Å². The molecule has 8 aromatic carbocycles. The Morgan fingerprint density at radius 3 is 1.57 bits per heavy atom. The van der Waals surface area contributed by atoms with Gasteiger partial charge in [0.2, 0.25) is 0 Å². The quantitative estimate of drug-likeness (QED) is 0.170. The highest BCUT2D eigenvalue weighted by Gasteiger charge is 2.27. The lowest BCUT2D eigenvalue weighted by molar-refractivity contribution is 0.971. The van der Waals surface area contributed by atoms with Crippen LogP contribution in [0.15, 0.2) is 188 Å². The Labute approximate surface area is 335 Å². The van der Waals surface area contributed by atoms with Gasteiger partial charge >= 0.3 is 0 Å². The molecule has 58 heavy (non-hydrogen) atoms. The number of para-hydroxylation sites is 1. The predicted molar refractivity (Wildman–Crippen MR) is 238 cm³/mol. The van der Waals surface area contributed by atoms with Crippen LogP contribution in [0.4, 0.5) is 0 Å². The largest absolute Gasteiger partial charge is 0.307 e. The summed E-state index contributed by atoms with van der Waals surface area (Å²) in [5.74, 6) is 1.93. The van der Waals surface area contributed by atoms with Gasteiger partial charge in [-0.3, -0.25) is 0 Å². The van der Waals surface area contributed by atoms with Crippen LogP contribution in [0.5, 0.6) is 0 Å². The third-order valence-corrected chi connectivity index (χ3v) is 11.8. The Morgan fingerprint density at radius 1 is 0.328 bits per heavy atom. The Hall–Kier alpha value is -7.63. The molecule has 0 aliphatic heterocycles. The maximum absolute atomic E-state index is 5.10. The van der Waals surface area contributed by atoms with Crippen LogP contribution >= 0.6 is 0 Å². The second-order valence-electron chi connectivity index (χ2n) is 15.2. The van der Waals surface area contributed by atoms with Crippen LogP contribution in [-0.2, 0) is 12.8 Å². The molecular weight excluding hydrogens is 707 g/mol. The fraction of sp³-hybridized carbons (Fsp3) is 0.0377. The lowest BCUT2D eigenvalue weighted by Gasteiger charge is -2.16. The molecule has 0 amide bonds. The van der Waals surface area contributed by atoms with Gasteiger partial charge in [0.1, 0.15) is 0 Å². The van der Waals surface area contributed by atoms with Gasteiger partial charge in [-0.25, -0.2) is 15.0 Å². The summed E-state index contributed by atoms with van der Waals surface area (Å²) in [5, 5.41) is 5.22. The van der Waals surface area contributed by atoms with E-state index in [1.807, 2.05) is 36.4 Å². The van der Waals surface area contributed by atoms with Gasteiger partial charge in [0, 0.05) is 49.6 Å². The molecule has 5 nitrogen and oxygen atoms in total. The number of benzene rings is 8. The van der Waals surface area contributed by atoms with Crippen molar-refractivity contribution in [2.45, 2.75) is 12.8 Å². The van der Waals surface area contributed by atoms with Crippen molar-refractivity contribution in [1.82, 2.24) is 24.1 Å². The van der Waals surface area contributed by atoms with Crippen LogP contribution in [0.2, 0.25) is 0 Å². The summed E-state index contributed by atoms with van der Waals surface area (Å²) < 4.78 is 4.98. The number of aromatic nitrogens is 5.